The molecule has 0 radical (unpaired) electrons. The summed E-state index contributed by atoms with van der Waals surface area (Å²) in [5.41, 5.74) is 6.52. The van der Waals surface area contributed by atoms with Crippen LogP contribution in [0, 0.1) is 0 Å². The van der Waals surface area contributed by atoms with Gasteiger partial charge in [0, 0.05) is 12.7 Å². The molecule has 2 rings (SSSR count). The van der Waals surface area contributed by atoms with Crippen LogP contribution in [0.2, 0.25) is 10.0 Å². The Morgan fingerprint density at radius 3 is 2.52 bits per heavy atom. The minimum atomic E-state index is 0.477. The van der Waals surface area contributed by atoms with Gasteiger partial charge >= 0.3 is 0 Å². The summed E-state index contributed by atoms with van der Waals surface area (Å²) in [4.78, 5) is 0. The molecule has 4 nitrogen and oxygen atoms in total. The molecule has 0 saturated heterocycles. The first kappa shape index (κ1) is 17.6. The summed E-state index contributed by atoms with van der Waals surface area (Å²) in [6.45, 7) is 2.40. The molecule has 0 heterocycles. The fraction of sp³-hybridized carbons (Fsp3) is 0.235. The third-order valence-corrected chi connectivity index (χ3v) is 4.01. The first-order valence-corrected chi connectivity index (χ1v) is 7.72. The van der Waals surface area contributed by atoms with Gasteiger partial charge in [-0.3, -0.25) is 5.43 Å². The Balaban J connectivity index is 2.19. The van der Waals surface area contributed by atoms with E-state index in [9.17, 15) is 0 Å². The molecule has 0 aromatic heterocycles. The average Bonchev–Trinajstić information content (AvgIpc) is 2.56. The van der Waals surface area contributed by atoms with E-state index in [4.69, 9.17) is 32.7 Å². The van der Waals surface area contributed by atoms with E-state index in [-0.39, 0.29) is 0 Å². The molecular formula is C17H18Cl2N2O2. The van der Waals surface area contributed by atoms with Crippen molar-refractivity contribution in [3.63, 3.8) is 0 Å². The molecule has 0 aliphatic rings. The first-order valence-electron chi connectivity index (χ1n) is 6.96. The van der Waals surface area contributed by atoms with E-state index in [1.54, 1.807) is 26.4 Å². The molecule has 1 N–H and O–H groups in total. The Morgan fingerprint density at radius 2 is 1.87 bits per heavy atom. The quantitative estimate of drug-likeness (QED) is 0.588. The largest absolute Gasteiger partial charge is 0.496 e. The highest BCUT2D eigenvalue weighted by Gasteiger charge is 2.06. The summed E-state index contributed by atoms with van der Waals surface area (Å²) in [6.07, 6.45) is 0. The smallest absolute Gasteiger partial charge is 0.124 e. The van der Waals surface area contributed by atoms with Gasteiger partial charge in [0.1, 0.15) is 5.75 Å². The van der Waals surface area contributed by atoms with Crippen molar-refractivity contribution in [2.24, 2.45) is 5.10 Å². The Hall–Kier alpha value is -1.75. The fourth-order valence-corrected chi connectivity index (χ4v) is 2.35. The first-order chi connectivity index (χ1) is 11.0. The lowest BCUT2D eigenvalue weighted by Crippen LogP contribution is -2.02. The molecule has 6 heteroatoms. The van der Waals surface area contributed by atoms with Crippen LogP contribution in [0.3, 0.4) is 0 Å². The third kappa shape index (κ3) is 4.61. The summed E-state index contributed by atoms with van der Waals surface area (Å²) in [6, 6.07) is 11.1. The number of rotatable bonds is 6. The highest BCUT2D eigenvalue weighted by Crippen LogP contribution is 2.25. The van der Waals surface area contributed by atoms with E-state index in [0.29, 0.717) is 16.7 Å². The summed E-state index contributed by atoms with van der Waals surface area (Å²) in [5.74, 6) is 0.792. The number of nitrogens with zero attached hydrogens (tertiary/aromatic N) is 1. The SMILES string of the molecule is COCc1cc(/C(C)=N\Nc2ccc(Cl)c(Cl)c2)ccc1OC. The summed E-state index contributed by atoms with van der Waals surface area (Å²) < 4.78 is 10.5. The van der Waals surface area contributed by atoms with Gasteiger partial charge in [0.05, 0.1) is 35.2 Å². The van der Waals surface area contributed by atoms with Gasteiger partial charge in [-0.25, -0.2) is 0 Å². The lowest BCUT2D eigenvalue weighted by Gasteiger charge is -2.10. The van der Waals surface area contributed by atoms with Crippen molar-refractivity contribution in [2.45, 2.75) is 13.5 Å². The van der Waals surface area contributed by atoms with Gasteiger partial charge in [0.15, 0.2) is 0 Å². The molecule has 0 spiro atoms. The van der Waals surface area contributed by atoms with Crippen LogP contribution in [-0.4, -0.2) is 19.9 Å². The van der Waals surface area contributed by atoms with Crippen molar-refractivity contribution in [2.75, 3.05) is 19.6 Å². The van der Waals surface area contributed by atoms with Gasteiger partial charge in [-0.15, -0.1) is 0 Å². The van der Waals surface area contributed by atoms with Crippen molar-refractivity contribution in [3.8, 4) is 5.75 Å². The molecule has 2 aromatic carbocycles. The zero-order valence-electron chi connectivity index (χ0n) is 13.2. The van der Waals surface area contributed by atoms with Gasteiger partial charge in [-0.05, 0) is 48.9 Å². The van der Waals surface area contributed by atoms with Gasteiger partial charge in [-0.2, -0.15) is 5.10 Å². The predicted molar refractivity (Wildman–Crippen MR) is 96.0 cm³/mol. The Bertz CT molecular complexity index is 718. The van der Waals surface area contributed by atoms with Crippen molar-refractivity contribution < 1.29 is 9.47 Å². The van der Waals surface area contributed by atoms with Crippen LogP contribution in [0.5, 0.6) is 5.75 Å². The number of halogens is 2. The van der Waals surface area contributed by atoms with Crippen molar-refractivity contribution in [1.29, 1.82) is 0 Å². The average molecular weight is 353 g/mol. The maximum absolute atomic E-state index is 5.99. The van der Waals surface area contributed by atoms with Crippen molar-refractivity contribution in [3.05, 3.63) is 57.6 Å². The van der Waals surface area contributed by atoms with Crippen LogP contribution >= 0.6 is 23.2 Å². The number of hydrogen-bond donors (Lipinski definition) is 1. The van der Waals surface area contributed by atoms with Crippen LogP contribution in [0.15, 0.2) is 41.5 Å². The molecule has 23 heavy (non-hydrogen) atoms. The van der Waals surface area contributed by atoms with Crippen LogP contribution in [0.1, 0.15) is 18.1 Å². The third-order valence-electron chi connectivity index (χ3n) is 3.27. The lowest BCUT2D eigenvalue weighted by atomic mass is 10.1. The standard InChI is InChI=1S/C17H18Cl2N2O2/c1-11(20-21-14-5-6-15(18)16(19)9-14)12-4-7-17(23-3)13(8-12)10-22-2/h4-9,21H,10H2,1-3H3/b20-11-. The minimum absolute atomic E-state index is 0.477. The fourth-order valence-electron chi connectivity index (χ4n) is 2.05. The predicted octanol–water partition coefficient (Wildman–Crippen LogP) is 4.98. The second-order valence-corrected chi connectivity index (χ2v) is 5.71. The monoisotopic (exact) mass is 352 g/mol. The number of methoxy groups -OCH3 is 2. The van der Waals surface area contributed by atoms with Crippen molar-refractivity contribution in [1.82, 2.24) is 0 Å². The molecule has 0 aliphatic heterocycles. The number of hydrazone groups is 1. The second kappa shape index (κ2) is 8.20. The number of benzene rings is 2. The highest BCUT2D eigenvalue weighted by molar-refractivity contribution is 6.42. The van der Waals surface area contributed by atoms with E-state index in [2.05, 4.69) is 10.5 Å². The number of nitrogens with one attached hydrogen (secondary N) is 1. The number of ether oxygens (including phenoxy) is 2. The van der Waals surface area contributed by atoms with E-state index in [1.807, 2.05) is 31.2 Å². The molecule has 0 saturated carbocycles. The van der Waals surface area contributed by atoms with Crippen LogP contribution < -0.4 is 10.2 Å². The van der Waals surface area contributed by atoms with E-state index < -0.39 is 0 Å². The zero-order chi connectivity index (χ0) is 16.8. The summed E-state index contributed by atoms with van der Waals surface area (Å²) in [5, 5.41) is 5.37. The normalized spacial score (nSPS) is 11.4. The minimum Gasteiger partial charge on any atom is -0.496 e. The lowest BCUT2D eigenvalue weighted by molar-refractivity contribution is 0.181. The Kier molecular flexibility index (Phi) is 6.28. The van der Waals surface area contributed by atoms with Crippen LogP contribution in [0.4, 0.5) is 5.69 Å². The molecule has 0 bridgehead atoms. The van der Waals surface area contributed by atoms with Crippen LogP contribution in [-0.2, 0) is 11.3 Å². The van der Waals surface area contributed by atoms with Gasteiger partial charge < -0.3 is 9.47 Å². The van der Waals surface area contributed by atoms with Crippen LogP contribution in [0.25, 0.3) is 0 Å². The van der Waals surface area contributed by atoms with Crippen molar-refractivity contribution >= 4 is 34.6 Å². The Labute approximate surface area is 146 Å². The van der Waals surface area contributed by atoms with E-state index >= 15 is 0 Å². The molecule has 0 fully saturated rings. The molecule has 122 valence electrons. The van der Waals surface area contributed by atoms with E-state index in [0.717, 1.165) is 28.3 Å². The molecule has 0 aliphatic carbocycles. The second-order valence-electron chi connectivity index (χ2n) is 4.90. The summed E-state index contributed by atoms with van der Waals surface area (Å²) >= 11 is 11.9. The molecule has 0 atom stereocenters. The topological polar surface area (TPSA) is 42.8 Å². The molecule has 2 aromatic rings. The van der Waals surface area contributed by atoms with Gasteiger partial charge in [0.2, 0.25) is 0 Å². The zero-order valence-corrected chi connectivity index (χ0v) is 14.7. The summed E-state index contributed by atoms with van der Waals surface area (Å²) in [7, 11) is 3.29. The Morgan fingerprint density at radius 1 is 1.09 bits per heavy atom. The molecular weight excluding hydrogens is 335 g/mol. The molecule has 0 unspecified atom stereocenters. The highest BCUT2D eigenvalue weighted by atomic mass is 35.5. The maximum Gasteiger partial charge on any atom is 0.124 e. The van der Waals surface area contributed by atoms with E-state index in [1.165, 1.54) is 0 Å². The number of anilines is 1. The maximum atomic E-state index is 5.99. The van der Waals surface area contributed by atoms with Gasteiger partial charge in [0.25, 0.3) is 0 Å². The number of hydrogen-bond acceptors (Lipinski definition) is 4. The molecule has 0 amide bonds. The van der Waals surface area contributed by atoms with Gasteiger partial charge in [-0.1, -0.05) is 23.2 Å².